The van der Waals surface area contributed by atoms with Crippen LogP contribution in [-0.2, 0) is 9.59 Å². The minimum absolute atomic E-state index is 0.0732. The summed E-state index contributed by atoms with van der Waals surface area (Å²) >= 11 is 0. The van der Waals surface area contributed by atoms with Crippen LogP contribution in [0, 0.1) is 5.92 Å². The molecule has 0 heterocycles. The Kier molecular flexibility index (Phi) is 10.7. The van der Waals surface area contributed by atoms with E-state index >= 15 is 0 Å². The van der Waals surface area contributed by atoms with Crippen molar-refractivity contribution in [1.29, 1.82) is 0 Å². The maximum atomic E-state index is 13.7. The van der Waals surface area contributed by atoms with Gasteiger partial charge in [-0.2, -0.15) is 0 Å². The average molecular weight is 464 g/mol. The van der Waals surface area contributed by atoms with E-state index in [1.54, 1.807) is 6.08 Å². The predicted molar refractivity (Wildman–Crippen MR) is 144 cm³/mol. The number of allylic oxidation sites excluding steroid dienone is 8. The first-order chi connectivity index (χ1) is 15.9. The molecule has 0 saturated heterocycles. The maximum absolute atomic E-state index is 13.7. The Morgan fingerprint density at radius 2 is 1.79 bits per heavy atom. The lowest BCUT2D eigenvalue weighted by Crippen LogP contribution is -2.24. The Morgan fingerprint density at radius 1 is 1.12 bits per heavy atom. The molecule has 0 spiro atoms. The zero-order valence-corrected chi connectivity index (χ0v) is 21.8. The molecule has 1 unspecified atom stereocenters. The summed E-state index contributed by atoms with van der Waals surface area (Å²) in [5, 5.41) is 0.653. The number of ketones is 2. The molecule has 1 aromatic rings. The van der Waals surface area contributed by atoms with Gasteiger partial charge in [0.1, 0.15) is 0 Å². The van der Waals surface area contributed by atoms with Crippen LogP contribution in [0.15, 0.2) is 88.9 Å². The molecular formula is C29H38NO2P. The maximum Gasteiger partial charge on any atom is 0.193 e. The van der Waals surface area contributed by atoms with Crippen LogP contribution in [0.2, 0.25) is 0 Å². The molecule has 33 heavy (non-hydrogen) atoms. The molecule has 0 aliphatic heterocycles. The number of nitrogens with zero attached hydrogens (tertiary/aromatic N) is 1. The van der Waals surface area contributed by atoms with Crippen LogP contribution in [0.4, 0.5) is 5.69 Å². The van der Waals surface area contributed by atoms with Gasteiger partial charge in [0.2, 0.25) is 0 Å². The van der Waals surface area contributed by atoms with Crippen molar-refractivity contribution in [3.63, 3.8) is 0 Å². The first kappa shape index (κ1) is 26.7. The fraction of sp³-hybridized carbons (Fsp3) is 0.379. The highest BCUT2D eigenvalue weighted by atomic mass is 31.1. The van der Waals surface area contributed by atoms with Crippen molar-refractivity contribution >= 4 is 25.8 Å². The molecule has 2 rings (SSSR count). The SMILES string of the molecule is C=C/C(C(=O)C(/C=C\C(=C/C)N(CC)c1ccccc1)=C(/C)CC)=C(\PC)C(=O)C1CCC1. The third kappa shape index (κ3) is 6.51. The summed E-state index contributed by atoms with van der Waals surface area (Å²) in [4.78, 5) is 28.9. The highest BCUT2D eigenvalue weighted by Gasteiger charge is 2.30. The molecule has 1 aliphatic rings. The number of Topliss-reactive ketones (excluding diaryl/α,β-unsaturated/α-hetero) is 2. The molecule has 0 radical (unpaired) electrons. The van der Waals surface area contributed by atoms with Gasteiger partial charge in [-0.25, -0.2) is 0 Å². The Hall–Kier alpha value is -2.51. The third-order valence-electron chi connectivity index (χ3n) is 6.34. The molecule has 3 nitrogen and oxygen atoms in total. The second-order valence-electron chi connectivity index (χ2n) is 8.24. The Labute approximate surface area is 201 Å². The number of rotatable bonds is 12. The van der Waals surface area contributed by atoms with E-state index in [1.165, 1.54) is 0 Å². The lowest BCUT2D eigenvalue weighted by Gasteiger charge is -2.25. The van der Waals surface area contributed by atoms with Crippen LogP contribution in [-0.4, -0.2) is 24.8 Å². The number of hydrogen-bond acceptors (Lipinski definition) is 3. The van der Waals surface area contributed by atoms with Gasteiger partial charge in [-0.3, -0.25) is 9.59 Å². The number of para-hydroxylation sites is 1. The van der Waals surface area contributed by atoms with E-state index < -0.39 is 0 Å². The van der Waals surface area contributed by atoms with Crippen molar-refractivity contribution < 1.29 is 9.59 Å². The molecule has 1 atom stereocenters. The summed E-state index contributed by atoms with van der Waals surface area (Å²) in [6.07, 6.45) is 11.3. The Bertz CT molecular complexity index is 978. The largest absolute Gasteiger partial charge is 0.342 e. The van der Waals surface area contributed by atoms with Gasteiger partial charge in [0.25, 0.3) is 0 Å². The molecular weight excluding hydrogens is 425 g/mol. The number of carbonyl (C=O) groups is 2. The summed E-state index contributed by atoms with van der Waals surface area (Å²) in [5.74, 6) is 0.109. The molecule has 1 aromatic carbocycles. The van der Waals surface area contributed by atoms with Gasteiger partial charge >= 0.3 is 0 Å². The molecule has 176 valence electrons. The molecule has 4 heteroatoms. The van der Waals surface area contributed by atoms with E-state index in [2.05, 4.69) is 43.5 Å². The first-order valence-corrected chi connectivity index (χ1v) is 13.4. The van der Waals surface area contributed by atoms with E-state index in [1.807, 2.05) is 50.9 Å². The molecule has 0 amide bonds. The number of anilines is 1. The minimum Gasteiger partial charge on any atom is -0.342 e. The van der Waals surface area contributed by atoms with Gasteiger partial charge in [0.05, 0.1) is 0 Å². The molecule has 0 bridgehead atoms. The average Bonchev–Trinajstić information content (AvgIpc) is 2.80. The van der Waals surface area contributed by atoms with Crippen LogP contribution in [0.1, 0.15) is 53.4 Å². The summed E-state index contributed by atoms with van der Waals surface area (Å²) in [5.41, 5.74) is 4.24. The molecule has 0 aromatic heterocycles. The summed E-state index contributed by atoms with van der Waals surface area (Å²) in [7, 11) is 0.272. The topological polar surface area (TPSA) is 37.4 Å². The predicted octanol–water partition coefficient (Wildman–Crippen LogP) is 7.39. The highest BCUT2D eigenvalue weighted by molar-refractivity contribution is 7.44. The van der Waals surface area contributed by atoms with Gasteiger partial charge in [-0.1, -0.05) is 64.4 Å². The molecule has 1 fully saturated rings. The van der Waals surface area contributed by atoms with Crippen LogP contribution in [0.5, 0.6) is 0 Å². The van der Waals surface area contributed by atoms with Crippen molar-refractivity contribution in [2.45, 2.75) is 53.4 Å². The number of carbonyl (C=O) groups excluding carboxylic acids is 2. The second kappa shape index (κ2) is 13.3. The van der Waals surface area contributed by atoms with E-state index in [0.29, 0.717) is 16.5 Å². The zero-order chi connectivity index (χ0) is 24.4. The van der Waals surface area contributed by atoms with E-state index in [-0.39, 0.29) is 26.1 Å². The standard InChI is InChI=1S/C29H38NO2P/c1-7-21(5)26(20-19-23(8-2)30(10-4)24-17-12-11-13-18-24)28(32)25(9-3)29(33-6)27(31)22-15-14-16-22/h8-9,11-13,17-20,22,33H,3,7,10,14-16H2,1-2,4-6H3/b20-19-,23-8+,26-21-,29-25+. The second-order valence-corrected chi connectivity index (χ2v) is 9.24. The van der Waals surface area contributed by atoms with Crippen molar-refractivity contribution in [1.82, 2.24) is 0 Å². The van der Waals surface area contributed by atoms with Crippen LogP contribution < -0.4 is 4.90 Å². The molecule has 1 saturated carbocycles. The zero-order valence-electron chi connectivity index (χ0n) is 20.8. The third-order valence-corrected chi connectivity index (χ3v) is 7.35. The summed E-state index contributed by atoms with van der Waals surface area (Å²) in [6.45, 7) is 14.8. The van der Waals surface area contributed by atoms with Gasteiger partial charge in [-0.15, -0.1) is 0 Å². The number of benzene rings is 1. The quantitative estimate of drug-likeness (QED) is 0.184. The van der Waals surface area contributed by atoms with E-state index in [4.69, 9.17) is 0 Å². The summed E-state index contributed by atoms with van der Waals surface area (Å²) in [6, 6.07) is 10.2. The fourth-order valence-electron chi connectivity index (χ4n) is 3.95. The minimum atomic E-state index is -0.101. The lowest BCUT2D eigenvalue weighted by atomic mass is 9.81. The smallest absolute Gasteiger partial charge is 0.193 e. The van der Waals surface area contributed by atoms with Crippen molar-refractivity contribution in [3.05, 3.63) is 88.9 Å². The van der Waals surface area contributed by atoms with Crippen molar-refractivity contribution in [2.24, 2.45) is 5.92 Å². The van der Waals surface area contributed by atoms with Gasteiger partial charge in [0, 0.05) is 40.3 Å². The molecule has 0 N–H and O–H groups in total. The van der Waals surface area contributed by atoms with E-state index in [9.17, 15) is 9.59 Å². The monoisotopic (exact) mass is 463 g/mol. The highest BCUT2D eigenvalue weighted by Crippen LogP contribution is 2.37. The van der Waals surface area contributed by atoms with Crippen LogP contribution in [0.25, 0.3) is 0 Å². The molecule has 1 aliphatic carbocycles. The van der Waals surface area contributed by atoms with Gasteiger partial charge in [-0.05, 0) is 71.0 Å². The normalized spacial score (nSPS) is 16.5. The van der Waals surface area contributed by atoms with E-state index in [0.717, 1.165) is 49.2 Å². The fourth-order valence-corrected chi connectivity index (χ4v) is 4.89. The van der Waals surface area contributed by atoms with Crippen molar-refractivity contribution in [3.8, 4) is 0 Å². The van der Waals surface area contributed by atoms with Gasteiger partial charge in [0.15, 0.2) is 11.6 Å². The number of hydrogen-bond donors (Lipinski definition) is 0. The summed E-state index contributed by atoms with van der Waals surface area (Å²) < 4.78 is 0. The van der Waals surface area contributed by atoms with Crippen molar-refractivity contribution in [2.75, 3.05) is 18.1 Å². The lowest BCUT2D eigenvalue weighted by molar-refractivity contribution is -0.121. The van der Waals surface area contributed by atoms with Crippen LogP contribution in [0.3, 0.4) is 0 Å². The van der Waals surface area contributed by atoms with Gasteiger partial charge < -0.3 is 4.90 Å². The van der Waals surface area contributed by atoms with Crippen LogP contribution >= 0.6 is 8.58 Å². The first-order valence-electron chi connectivity index (χ1n) is 11.9. The Balaban J connectivity index is 2.45. The Morgan fingerprint density at radius 3 is 2.24 bits per heavy atom. The number of likely N-dealkylation sites (N-methyl/N-ethyl adjacent to an activating group) is 1.